The third-order valence-electron chi connectivity index (χ3n) is 2.96. The zero-order valence-electron chi connectivity index (χ0n) is 11.8. The average Bonchev–Trinajstić information content (AvgIpc) is 2.37. The first-order chi connectivity index (χ1) is 8.63. The van der Waals surface area contributed by atoms with Crippen molar-refractivity contribution in [2.75, 3.05) is 27.2 Å². The first-order valence-electron chi connectivity index (χ1n) is 6.29. The summed E-state index contributed by atoms with van der Waals surface area (Å²) >= 11 is 0. The van der Waals surface area contributed by atoms with Gasteiger partial charge < -0.3 is 10.6 Å². The van der Waals surface area contributed by atoms with Crippen molar-refractivity contribution in [2.45, 2.75) is 19.5 Å². The van der Waals surface area contributed by atoms with E-state index in [0.29, 0.717) is 19.1 Å². The Kier molecular flexibility index (Phi) is 9.21. The van der Waals surface area contributed by atoms with Gasteiger partial charge in [-0.3, -0.25) is 9.69 Å². The summed E-state index contributed by atoms with van der Waals surface area (Å²) in [6.45, 7) is 4.05. The Morgan fingerprint density at radius 2 is 1.95 bits per heavy atom. The third-order valence-corrected chi connectivity index (χ3v) is 2.96. The lowest BCUT2D eigenvalue weighted by Gasteiger charge is -2.25. The van der Waals surface area contributed by atoms with E-state index < -0.39 is 0 Å². The molecule has 0 heterocycles. The predicted octanol–water partition coefficient (Wildman–Crippen LogP) is 1.26. The highest BCUT2D eigenvalue weighted by Gasteiger charge is 2.10. The second-order valence-electron chi connectivity index (χ2n) is 4.58. The number of carbonyl (C=O) groups is 1. The van der Waals surface area contributed by atoms with Crippen molar-refractivity contribution < 1.29 is 4.79 Å². The molecule has 4 nitrogen and oxygen atoms in total. The van der Waals surface area contributed by atoms with Gasteiger partial charge in [-0.25, -0.2) is 0 Å². The minimum atomic E-state index is 0. The average molecular weight is 286 g/mol. The maximum Gasteiger partial charge on any atom is 0.234 e. The van der Waals surface area contributed by atoms with E-state index in [1.165, 1.54) is 5.56 Å². The second kappa shape index (κ2) is 9.78. The molecule has 0 saturated carbocycles. The topological polar surface area (TPSA) is 44.4 Å². The van der Waals surface area contributed by atoms with Crippen LogP contribution in [0.2, 0.25) is 0 Å². The van der Waals surface area contributed by atoms with Crippen LogP contribution in [-0.2, 0) is 11.3 Å². The minimum Gasteiger partial charge on any atom is -0.353 e. The van der Waals surface area contributed by atoms with Gasteiger partial charge in [0.1, 0.15) is 0 Å². The van der Waals surface area contributed by atoms with Crippen LogP contribution in [0.1, 0.15) is 12.5 Å². The lowest BCUT2D eigenvalue weighted by molar-refractivity contribution is -0.120. The van der Waals surface area contributed by atoms with Crippen molar-refractivity contribution >= 4 is 18.3 Å². The molecule has 1 amide bonds. The Balaban J connectivity index is 0.00000324. The van der Waals surface area contributed by atoms with Crippen LogP contribution in [0.4, 0.5) is 0 Å². The molecule has 0 radical (unpaired) electrons. The second-order valence-corrected chi connectivity index (χ2v) is 4.58. The minimum absolute atomic E-state index is 0. The van der Waals surface area contributed by atoms with Crippen LogP contribution >= 0.6 is 12.4 Å². The molecule has 1 aromatic carbocycles. The van der Waals surface area contributed by atoms with E-state index in [2.05, 4.69) is 41.6 Å². The number of amides is 1. The van der Waals surface area contributed by atoms with Crippen LogP contribution in [0.5, 0.6) is 0 Å². The number of carbonyl (C=O) groups excluding carboxylic acids is 1. The van der Waals surface area contributed by atoms with Gasteiger partial charge in [-0.1, -0.05) is 30.3 Å². The molecule has 1 rings (SSSR count). The molecular formula is C14H24ClN3O. The summed E-state index contributed by atoms with van der Waals surface area (Å²) in [5, 5.41) is 5.74. The Bertz CT molecular complexity index is 359. The van der Waals surface area contributed by atoms with Crippen LogP contribution in [0.3, 0.4) is 0 Å². The number of nitrogens with one attached hydrogen (secondary N) is 2. The lowest BCUT2D eigenvalue weighted by Crippen LogP contribution is -2.42. The van der Waals surface area contributed by atoms with Crippen molar-refractivity contribution in [3.05, 3.63) is 35.9 Å². The number of nitrogens with zero attached hydrogens (tertiary/aromatic N) is 1. The molecule has 1 aromatic rings. The van der Waals surface area contributed by atoms with Gasteiger partial charge in [-0.05, 0) is 26.6 Å². The van der Waals surface area contributed by atoms with E-state index in [-0.39, 0.29) is 18.3 Å². The predicted molar refractivity (Wildman–Crippen MR) is 81.6 cm³/mol. The molecular weight excluding hydrogens is 262 g/mol. The van der Waals surface area contributed by atoms with E-state index in [0.717, 1.165) is 6.54 Å². The fourth-order valence-corrected chi connectivity index (χ4v) is 1.67. The van der Waals surface area contributed by atoms with E-state index in [9.17, 15) is 4.79 Å². The Hall–Kier alpha value is -1.10. The third kappa shape index (κ3) is 7.15. The maximum absolute atomic E-state index is 11.3. The standard InChI is InChI=1S/C14H23N3O.ClH/c1-12(9-16-14(18)10-15-2)17(3)11-13-7-5-4-6-8-13;/h4-8,12,15H,9-11H2,1-3H3,(H,16,18);1H. The van der Waals surface area contributed by atoms with E-state index in [1.807, 2.05) is 18.2 Å². The number of rotatable bonds is 7. The van der Waals surface area contributed by atoms with Crippen molar-refractivity contribution in [1.82, 2.24) is 15.5 Å². The summed E-state index contributed by atoms with van der Waals surface area (Å²) in [6, 6.07) is 10.6. The zero-order valence-corrected chi connectivity index (χ0v) is 12.7. The van der Waals surface area contributed by atoms with Gasteiger partial charge >= 0.3 is 0 Å². The van der Waals surface area contributed by atoms with Gasteiger partial charge in [0.15, 0.2) is 0 Å². The Morgan fingerprint density at radius 1 is 1.32 bits per heavy atom. The first kappa shape index (κ1) is 17.9. The van der Waals surface area contributed by atoms with Gasteiger partial charge in [-0.15, -0.1) is 12.4 Å². The lowest BCUT2D eigenvalue weighted by atomic mass is 10.2. The molecule has 108 valence electrons. The first-order valence-corrected chi connectivity index (χ1v) is 6.29. The van der Waals surface area contributed by atoms with Crippen molar-refractivity contribution in [1.29, 1.82) is 0 Å². The molecule has 0 fully saturated rings. The Morgan fingerprint density at radius 3 is 2.53 bits per heavy atom. The van der Waals surface area contributed by atoms with E-state index >= 15 is 0 Å². The molecule has 5 heteroatoms. The summed E-state index contributed by atoms with van der Waals surface area (Å²) < 4.78 is 0. The summed E-state index contributed by atoms with van der Waals surface area (Å²) in [6.07, 6.45) is 0. The molecule has 1 unspecified atom stereocenters. The van der Waals surface area contributed by atoms with Gasteiger partial charge in [0.05, 0.1) is 6.54 Å². The number of hydrogen-bond acceptors (Lipinski definition) is 3. The molecule has 19 heavy (non-hydrogen) atoms. The summed E-state index contributed by atoms with van der Waals surface area (Å²) in [4.78, 5) is 13.6. The molecule has 0 aliphatic heterocycles. The fourth-order valence-electron chi connectivity index (χ4n) is 1.67. The largest absolute Gasteiger partial charge is 0.353 e. The number of hydrogen-bond donors (Lipinski definition) is 2. The fraction of sp³-hybridized carbons (Fsp3) is 0.500. The van der Waals surface area contributed by atoms with Crippen molar-refractivity contribution in [3.8, 4) is 0 Å². The highest BCUT2D eigenvalue weighted by molar-refractivity contribution is 5.85. The smallest absolute Gasteiger partial charge is 0.234 e. The van der Waals surface area contributed by atoms with Gasteiger partial charge in [-0.2, -0.15) is 0 Å². The van der Waals surface area contributed by atoms with Crippen LogP contribution in [0.25, 0.3) is 0 Å². The number of halogens is 1. The molecule has 0 aliphatic rings. The van der Waals surface area contributed by atoms with Crippen LogP contribution in [-0.4, -0.2) is 44.0 Å². The molecule has 0 aromatic heterocycles. The maximum atomic E-state index is 11.3. The van der Waals surface area contributed by atoms with Crippen molar-refractivity contribution in [3.63, 3.8) is 0 Å². The van der Waals surface area contributed by atoms with Gasteiger partial charge in [0.2, 0.25) is 5.91 Å². The quantitative estimate of drug-likeness (QED) is 0.793. The molecule has 0 aliphatic carbocycles. The highest BCUT2D eigenvalue weighted by Crippen LogP contribution is 2.05. The van der Waals surface area contributed by atoms with Crippen LogP contribution in [0.15, 0.2) is 30.3 Å². The molecule has 0 spiro atoms. The molecule has 1 atom stereocenters. The van der Waals surface area contributed by atoms with Crippen LogP contribution in [0, 0.1) is 0 Å². The van der Waals surface area contributed by atoms with Gasteiger partial charge in [0, 0.05) is 19.1 Å². The SMILES string of the molecule is CNCC(=O)NCC(C)N(C)Cc1ccccc1.Cl. The summed E-state index contributed by atoms with van der Waals surface area (Å²) in [5.74, 6) is 0.0393. The van der Waals surface area contributed by atoms with E-state index in [4.69, 9.17) is 0 Å². The molecule has 0 saturated heterocycles. The number of benzene rings is 1. The zero-order chi connectivity index (χ0) is 13.4. The van der Waals surface area contributed by atoms with Crippen LogP contribution < -0.4 is 10.6 Å². The Labute approximate surface area is 122 Å². The van der Waals surface area contributed by atoms with Gasteiger partial charge in [0.25, 0.3) is 0 Å². The highest BCUT2D eigenvalue weighted by atomic mass is 35.5. The summed E-state index contributed by atoms with van der Waals surface area (Å²) in [5.41, 5.74) is 1.29. The number of likely N-dealkylation sites (N-methyl/N-ethyl adjacent to an activating group) is 2. The van der Waals surface area contributed by atoms with Crippen molar-refractivity contribution in [2.24, 2.45) is 0 Å². The molecule has 0 bridgehead atoms. The molecule has 2 N–H and O–H groups in total. The normalized spacial score (nSPS) is 11.8. The van der Waals surface area contributed by atoms with E-state index in [1.54, 1.807) is 7.05 Å². The summed E-state index contributed by atoms with van der Waals surface area (Å²) in [7, 11) is 3.84. The monoisotopic (exact) mass is 285 g/mol.